The Balaban J connectivity index is 1.91. The fourth-order valence-corrected chi connectivity index (χ4v) is 3.55. The van der Waals surface area contributed by atoms with E-state index in [1.165, 1.54) is 0 Å². The first-order valence-electron chi connectivity index (χ1n) is 10.4. The Morgan fingerprint density at radius 1 is 1.25 bits per heavy atom. The second-order valence-electron chi connectivity index (χ2n) is 7.64. The van der Waals surface area contributed by atoms with Crippen molar-refractivity contribution in [2.45, 2.75) is 39.8 Å². The van der Waals surface area contributed by atoms with Crippen LogP contribution in [0.1, 0.15) is 44.5 Å². The van der Waals surface area contributed by atoms with Crippen LogP contribution in [0, 0.1) is 0 Å². The van der Waals surface area contributed by atoms with Crippen molar-refractivity contribution in [1.29, 1.82) is 0 Å². The second-order valence-corrected chi connectivity index (χ2v) is 7.64. The molecule has 0 unspecified atom stereocenters. The van der Waals surface area contributed by atoms with Crippen LogP contribution in [0.2, 0.25) is 0 Å². The molecule has 0 spiro atoms. The number of rotatable bonds is 8. The highest BCUT2D eigenvalue weighted by Gasteiger charge is 2.25. The molecule has 0 amide bonds. The van der Waals surface area contributed by atoms with Crippen LogP contribution in [0.3, 0.4) is 0 Å². The Hall–Kier alpha value is -3.56. The molecule has 0 bridgehead atoms. The molecular formula is C22H25F2N7O. The number of aryl methyl sites for hydroxylation is 1. The van der Waals surface area contributed by atoms with E-state index in [0.29, 0.717) is 41.5 Å². The predicted octanol–water partition coefficient (Wildman–Crippen LogP) is 4.76. The number of anilines is 1. The molecule has 32 heavy (non-hydrogen) atoms. The predicted molar refractivity (Wildman–Crippen MR) is 118 cm³/mol. The average Bonchev–Trinajstić information content (AvgIpc) is 3.36. The number of hydrogen-bond donors (Lipinski definition) is 1. The third-order valence-electron chi connectivity index (χ3n) is 4.95. The van der Waals surface area contributed by atoms with Crippen molar-refractivity contribution in [2.24, 2.45) is 7.05 Å². The summed E-state index contributed by atoms with van der Waals surface area (Å²) in [5, 5.41) is 11.8. The lowest BCUT2D eigenvalue weighted by Gasteiger charge is -2.14. The molecule has 8 nitrogen and oxygen atoms in total. The van der Waals surface area contributed by atoms with Crippen LogP contribution in [-0.2, 0) is 13.6 Å². The highest BCUT2D eigenvalue weighted by Crippen LogP contribution is 2.37. The summed E-state index contributed by atoms with van der Waals surface area (Å²) >= 11 is 0. The SMILES string of the molecule is CCOc1ncccc1-c1cc(NCc2cnn(C)c2)c2c(n1)c(C(F)F)nn2C(C)C. The van der Waals surface area contributed by atoms with Crippen molar-refractivity contribution in [3.05, 3.63) is 48.0 Å². The van der Waals surface area contributed by atoms with Crippen LogP contribution in [0.25, 0.3) is 22.3 Å². The fourth-order valence-electron chi connectivity index (χ4n) is 3.55. The maximum atomic E-state index is 13.9. The zero-order chi connectivity index (χ0) is 22.8. The van der Waals surface area contributed by atoms with Gasteiger partial charge in [-0.2, -0.15) is 10.2 Å². The third-order valence-corrected chi connectivity index (χ3v) is 4.95. The lowest BCUT2D eigenvalue weighted by Crippen LogP contribution is -2.07. The summed E-state index contributed by atoms with van der Waals surface area (Å²) in [4.78, 5) is 8.87. The van der Waals surface area contributed by atoms with Crippen LogP contribution < -0.4 is 10.1 Å². The lowest BCUT2D eigenvalue weighted by atomic mass is 10.1. The first kappa shape index (κ1) is 21.7. The maximum absolute atomic E-state index is 13.9. The van der Waals surface area contributed by atoms with Crippen molar-refractivity contribution in [2.75, 3.05) is 11.9 Å². The molecule has 0 fully saturated rings. The van der Waals surface area contributed by atoms with Gasteiger partial charge in [-0.05, 0) is 39.0 Å². The fraction of sp³-hybridized carbons (Fsp3) is 0.364. The van der Waals surface area contributed by atoms with Gasteiger partial charge in [-0.3, -0.25) is 9.36 Å². The summed E-state index contributed by atoms with van der Waals surface area (Å²) in [6.45, 7) is 6.54. The molecule has 0 saturated carbocycles. The Morgan fingerprint density at radius 3 is 2.72 bits per heavy atom. The summed E-state index contributed by atoms with van der Waals surface area (Å²) in [5.41, 5.74) is 3.05. The second kappa shape index (κ2) is 8.89. The van der Waals surface area contributed by atoms with Gasteiger partial charge in [0.05, 0.1) is 29.7 Å². The molecule has 4 aromatic rings. The summed E-state index contributed by atoms with van der Waals surface area (Å²) in [5.74, 6) is 0.398. The molecule has 0 radical (unpaired) electrons. The van der Waals surface area contributed by atoms with Crippen molar-refractivity contribution >= 4 is 16.7 Å². The van der Waals surface area contributed by atoms with Gasteiger partial charge in [-0.25, -0.2) is 18.7 Å². The largest absolute Gasteiger partial charge is 0.477 e. The minimum atomic E-state index is -2.76. The highest BCUT2D eigenvalue weighted by atomic mass is 19.3. The zero-order valence-electron chi connectivity index (χ0n) is 18.4. The number of alkyl halides is 2. The number of fused-ring (bicyclic) bond motifs is 1. The van der Waals surface area contributed by atoms with Gasteiger partial charge in [0.2, 0.25) is 5.88 Å². The first-order chi connectivity index (χ1) is 15.4. The van der Waals surface area contributed by atoms with E-state index in [1.807, 2.05) is 46.1 Å². The summed E-state index contributed by atoms with van der Waals surface area (Å²) in [6, 6.07) is 5.27. The van der Waals surface area contributed by atoms with E-state index in [-0.39, 0.29) is 17.3 Å². The molecule has 0 atom stereocenters. The van der Waals surface area contributed by atoms with Crippen LogP contribution in [0.5, 0.6) is 5.88 Å². The molecule has 1 N–H and O–H groups in total. The van der Waals surface area contributed by atoms with Crippen LogP contribution in [-0.4, -0.2) is 36.1 Å². The van der Waals surface area contributed by atoms with Crippen LogP contribution >= 0.6 is 0 Å². The van der Waals surface area contributed by atoms with E-state index < -0.39 is 6.43 Å². The van der Waals surface area contributed by atoms with Gasteiger partial charge in [-0.1, -0.05) is 0 Å². The van der Waals surface area contributed by atoms with Crippen LogP contribution in [0.15, 0.2) is 36.8 Å². The Kier molecular flexibility index (Phi) is 6.02. The summed E-state index contributed by atoms with van der Waals surface area (Å²) in [6.07, 6.45) is 2.51. The molecule has 0 aliphatic carbocycles. The quantitative estimate of drug-likeness (QED) is 0.425. The summed E-state index contributed by atoms with van der Waals surface area (Å²) in [7, 11) is 1.84. The van der Waals surface area contributed by atoms with E-state index in [2.05, 4.69) is 25.5 Å². The number of ether oxygens (including phenoxy) is 1. The number of halogens is 2. The molecule has 168 valence electrons. The van der Waals surface area contributed by atoms with Crippen LogP contribution in [0.4, 0.5) is 14.5 Å². The number of nitrogens with zero attached hydrogens (tertiary/aromatic N) is 6. The standard InChI is InChI=1S/C22H25F2N7O/c1-5-32-22-15(7-6-8-25-22)16-9-17(26-10-14-11-27-30(4)12-14)20-18(28-16)19(21(23)24)29-31(20)13(2)3/h6-9,11-13,21H,5,10H2,1-4H3,(H,26,28). The molecule has 0 aliphatic rings. The molecule has 0 saturated heterocycles. The van der Waals surface area contributed by atoms with Gasteiger partial charge in [0.25, 0.3) is 6.43 Å². The van der Waals surface area contributed by atoms with E-state index in [1.54, 1.807) is 27.8 Å². The van der Waals surface area contributed by atoms with E-state index in [0.717, 1.165) is 5.56 Å². The zero-order valence-corrected chi connectivity index (χ0v) is 18.4. The van der Waals surface area contributed by atoms with E-state index >= 15 is 0 Å². The first-order valence-corrected chi connectivity index (χ1v) is 10.4. The number of nitrogens with one attached hydrogen (secondary N) is 1. The molecule has 0 aromatic carbocycles. The number of pyridine rings is 2. The van der Waals surface area contributed by atoms with Crippen molar-refractivity contribution in [1.82, 2.24) is 29.5 Å². The highest BCUT2D eigenvalue weighted by molar-refractivity contribution is 5.93. The van der Waals surface area contributed by atoms with Gasteiger partial charge < -0.3 is 10.1 Å². The molecule has 4 heterocycles. The number of hydrogen-bond acceptors (Lipinski definition) is 6. The van der Waals surface area contributed by atoms with Gasteiger partial charge in [0.15, 0.2) is 5.69 Å². The van der Waals surface area contributed by atoms with Gasteiger partial charge in [0, 0.05) is 37.6 Å². The van der Waals surface area contributed by atoms with E-state index in [4.69, 9.17) is 4.74 Å². The average molecular weight is 441 g/mol. The topological polar surface area (TPSA) is 82.7 Å². The number of aromatic nitrogens is 6. The molecule has 10 heteroatoms. The van der Waals surface area contributed by atoms with Gasteiger partial charge in [0.1, 0.15) is 11.0 Å². The molecule has 0 aliphatic heterocycles. The monoisotopic (exact) mass is 441 g/mol. The molecular weight excluding hydrogens is 416 g/mol. The van der Waals surface area contributed by atoms with Crippen molar-refractivity contribution in [3.63, 3.8) is 0 Å². The smallest absolute Gasteiger partial charge is 0.284 e. The van der Waals surface area contributed by atoms with Crippen molar-refractivity contribution in [3.8, 4) is 17.1 Å². The minimum absolute atomic E-state index is 0.131. The molecule has 4 rings (SSSR count). The normalized spacial score (nSPS) is 11.6. The Bertz CT molecular complexity index is 1230. The van der Waals surface area contributed by atoms with E-state index in [9.17, 15) is 8.78 Å². The molecule has 4 aromatic heterocycles. The summed E-state index contributed by atoms with van der Waals surface area (Å²) < 4.78 is 36.8. The third kappa shape index (κ3) is 4.12. The Labute approximate surface area is 184 Å². The van der Waals surface area contributed by atoms with Gasteiger partial charge >= 0.3 is 0 Å². The van der Waals surface area contributed by atoms with Gasteiger partial charge in [-0.15, -0.1) is 0 Å². The maximum Gasteiger partial charge on any atom is 0.284 e. The minimum Gasteiger partial charge on any atom is -0.477 e. The Morgan fingerprint density at radius 2 is 2.06 bits per heavy atom. The lowest BCUT2D eigenvalue weighted by molar-refractivity contribution is 0.146. The van der Waals surface area contributed by atoms with Crippen molar-refractivity contribution < 1.29 is 13.5 Å².